The topological polar surface area (TPSA) is 9.23 Å². The molecule has 82 valence electrons. The number of hydrogen-bond donors (Lipinski definition) is 0. The van der Waals surface area contributed by atoms with Crippen LogP contribution in [0.25, 0.3) is 0 Å². The van der Waals surface area contributed by atoms with E-state index in [0.29, 0.717) is 11.8 Å². The lowest BCUT2D eigenvalue weighted by atomic mass is 9.83. The molecule has 0 unspecified atom stereocenters. The van der Waals surface area contributed by atoms with E-state index in [1.54, 1.807) is 0 Å². The van der Waals surface area contributed by atoms with Gasteiger partial charge in [0.25, 0.3) is 0 Å². The summed E-state index contributed by atoms with van der Waals surface area (Å²) in [6.07, 6.45) is 8.01. The lowest BCUT2D eigenvalue weighted by molar-refractivity contribution is 0.185. The van der Waals surface area contributed by atoms with Gasteiger partial charge in [-0.3, -0.25) is 0 Å². The van der Waals surface area contributed by atoms with Crippen LogP contribution in [0.3, 0.4) is 0 Å². The Bertz CT molecular complexity index is 416. The molecular formula is C15H16O. The lowest BCUT2D eigenvalue weighted by Gasteiger charge is -2.19. The van der Waals surface area contributed by atoms with Crippen molar-refractivity contribution in [2.75, 3.05) is 13.2 Å². The molecule has 0 saturated carbocycles. The van der Waals surface area contributed by atoms with Crippen molar-refractivity contribution >= 4 is 0 Å². The van der Waals surface area contributed by atoms with Crippen molar-refractivity contribution < 1.29 is 4.74 Å². The molecule has 16 heavy (non-hydrogen) atoms. The monoisotopic (exact) mass is 212 g/mol. The molecule has 1 fully saturated rings. The van der Waals surface area contributed by atoms with Crippen LogP contribution in [0, 0.1) is 5.92 Å². The highest BCUT2D eigenvalue weighted by atomic mass is 16.5. The first kappa shape index (κ1) is 9.86. The molecule has 0 radical (unpaired) electrons. The lowest BCUT2D eigenvalue weighted by Crippen LogP contribution is -2.12. The molecule has 1 aliphatic heterocycles. The third kappa shape index (κ3) is 1.72. The minimum Gasteiger partial charge on any atom is -0.376 e. The van der Waals surface area contributed by atoms with Gasteiger partial charge in [0.15, 0.2) is 0 Å². The summed E-state index contributed by atoms with van der Waals surface area (Å²) in [7, 11) is 0. The molecule has 2 atom stereocenters. The minimum atomic E-state index is 0.498. The highest BCUT2D eigenvalue weighted by Gasteiger charge is 2.29. The van der Waals surface area contributed by atoms with Crippen molar-refractivity contribution in [1.29, 1.82) is 0 Å². The van der Waals surface area contributed by atoms with Crippen LogP contribution in [0.2, 0.25) is 0 Å². The van der Waals surface area contributed by atoms with Gasteiger partial charge in [-0.2, -0.15) is 0 Å². The summed E-state index contributed by atoms with van der Waals surface area (Å²) in [5.74, 6) is 1.05. The van der Waals surface area contributed by atoms with E-state index >= 15 is 0 Å². The smallest absolute Gasteiger partial charge is 0.0681 e. The van der Waals surface area contributed by atoms with Crippen molar-refractivity contribution in [3.05, 3.63) is 59.7 Å². The number of hydrogen-bond acceptors (Lipinski definition) is 1. The third-order valence-electron chi connectivity index (χ3n) is 3.52. The van der Waals surface area contributed by atoms with E-state index in [9.17, 15) is 0 Å². The molecule has 0 N–H and O–H groups in total. The number of allylic oxidation sites excluding steroid dienone is 3. The van der Waals surface area contributed by atoms with E-state index in [-0.39, 0.29) is 0 Å². The maximum Gasteiger partial charge on any atom is 0.0681 e. The first-order valence-electron chi connectivity index (χ1n) is 5.93. The van der Waals surface area contributed by atoms with Gasteiger partial charge >= 0.3 is 0 Å². The van der Waals surface area contributed by atoms with Gasteiger partial charge in [0.2, 0.25) is 0 Å². The molecule has 1 heterocycles. The van der Waals surface area contributed by atoms with E-state index in [2.05, 4.69) is 48.6 Å². The quantitative estimate of drug-likeness (QED) is 0.649. The molecule has 0 aromatic heterocycles. The molecule has 1 aromatic rings. The van der Waals surface area contributed by atoms with Crippen molar-refractivity contribution in [2.45, 2.75) is 12.3 Å². The van der Waals surface area contributed by atoms with E-state index < -0.39 is 0 Å². The Kier molecular flexibility index (Phi) is 2.63. The molecule has 1 nitrogen and oxygen atoms in total. The normalized spacial score (nSPS) is 28.4. The van der Waals surface area contributed by atoms with Crippen LogP contribution in [0.15, 0.2) is 54.1 Å². The van der Waals surface area contributed by atoms with Gasteiger partial charge in [-0.05, 0) is 17.6 Å². The highest BCUT2D eigenvalue weighted by Crippen LogP contribution is 2.37. The van der Waals surface area contributed by atoms with Crippen LogP contribution in [-0.2, 0) is 4.74 Å². The largest absolute Gasteiger partial charge is 0.376 e. The van der Waals surface area contributed by atoms with Crippen LogP contribution in [0.5, 0.6) is 0 Å². The molecule has 1 heteroatoms. The first-order chi connectivity index (χ1) is 7.95. The number of benzene rings is 1. The van der Waals surface area contributed by atoms with E-state index in [1.165, 1.54) is 11.1 Å². The Morgan fingerprint density at radius 1 is 1.12 bits per heavy atom. The van der Waals surface area contributed by atoms with Crippen LogP contribution >= 0.6 is 0 Å². The van der Waals surface area contributed by atoms with Crippen LogP contribution in [-0.4, -0.2) is 13.2 Å². The first-order valence-corrected chi connectivity index (χ1v) is 5.93. The number of fused-ring (bicyclic) bond motifs is 1. The number of rotatable bonds is 1. The molecule has 1 aliphatic carbocycles. The Labute approximate surface area is 96.4 Å². The van der Waals surface area contributed by atoms with Gasteiger partial charge < -0.3 is 4.74 Å². The Morgan fingerprint density at radius 3 is 2.88 bits per heavy atom. The van der Waals surface area contributed by atoms with E-state index in [0.717, 1.165) is 19.6 Å². The summed E-state index contributed by atoms with van der Waals surface area (Å²) in [6, 6.07) is 10.7. The molecular weight excluding hydrogens is 196 g/mol. The second-order valence-electron chi connectivity index (χ2n) is 4.50. The van der Waals surface area contributed by atoms with Gasteiger partial charge in [0, 0.05) is 11.8 Å². The summed E-state index contributed by atoms with van der Waals surface area (Å²) in [6.45, 7) is 1.70. The molecule has 0 spiro atoms. The van der Waals surface area contributed by atoms with Crippen molar-refractivity contribution in [3.63, 3.8) is 0 Å². The van der Waals surface area contributed by atoms with Gasteiger partial charge in [0.05, 0.1) is 13.2 Å². The summed E-state index contributed by atoms with van der Waals surface area (Å²) in [4.78, 5) is 0. The van der Waals surface area contributed by atoms with E-state index in [1.807, 2.05) is 0 Å². The zero-order valence-electron chi connectivity index (χ0n) is 9.30. The van der Waals surface area contributed by atoms with Crippen molar-refractivity contribution in [2.24, 2.45) is 5.92 Å². The summed E-state index contributed by atoms with van der Waals surface area (Å²) in [5.41, 5.74) is 2.89. The average molecular weight is 212 g/mol. The fourth-order valence-corrected chi connectivity index (χ4v) is 2.66. The molecule has 3 rings (SSSR count). The van der Waals surface area contributed by atoms with Crippen LogP contribution in [0.4, 0.5) is 0 Å². The van der Waals surface area contributed by atoms with E-state index in [4.69, 9.17) is 4.74 Å². The second-order valence-corrected chi connectivity index (χ2v) is 4.50. The summed E-state index contributed by atoms with van der Waals surface area (Å²) < 4.78 is 5.60. The molecule has 2 aliphatic rings. The van der Waals surface area contributed by atoms with Gasteiger partial charge in [-0.25, -0.2) is 0 Å². The molecule has 1 saturated heterocycles. The zero-order valence-corrected chi connectivity index (χ0v) is 9.30. The minimum absolute atomic E-state index is 0.498. The zero-order chi connectivity index (χ0) is 10.8. The van der Waals surface area contributed by atoms with Crippen LogP contribution in [0.1, 0.15) is 17.9 Å². The molecule has 0 amide bonds. The molecule has 0 bridgehead atoms. The maximum absolute atomic E-state index is 5.60. The van der Waals surface area contributed by atoms with Gasteiger partial charge in [-0.15, -0.1) is 0 Å². The standard InChI is InChI=1S/C15H16O/c1-2-6-12(7-3-1)14-9-5-4-8-13-10-16-11-15(13)14/h1-3,5-9,14-15H,4,10-11H2/t14-,15-/m0/s1. The third-order valence-corrected chi connectivity index (χ3v) is 3.52. The SMILES string of the molecule is C1=C[C@@H](c2ccccc2)[C@H]2COCC2=CC1. The Balaban J connectivity index is 1.97. The van der Waals surface area contributed by atoms with Gasteiger partial charge in [0.1, 0.15) is 0 Å². The average Bonchev–Trinajstić information content (AvgIpc) is 2.70. The molecule has 1 aromatic carbocycles. The Morgan fingerprint density at radius 2 is 2.00 bits per heavy atom. The number of ether oxygens (including phenoxy) is 1. The fraction of sp³-hybridized carbons (Fsp3) is 0.333. The van der Waals surface area contributed by atoms with Crippen molar-refractivity contribution in [3.8, 4) is 0 Å². The predicted molar refractivity (Wildman–Crippen MR) is 65.3 cm³/mol. The second kappa shape index (κ2) is 4.26. The van der Waals surface area contributed by atoms with Crippen molar-refractivity contribution in [1.82, 2.24) is 0 Å². The maximum atomic E-state index is 5.60. The van der Waals surface area contributed by atoms with Gasteiger partial charge in [-0.1, -0.05) is 48.6 Å². The Hall–Kier alpha value is -1.34. The van der Waals surface area contributed by atoms with Crippen LogP contribution < -0.4 is 0 Å². The summed E-state index contributed by atoms with van der Waals surface area (Å²) in [5, 5.41) is 0. The fourth-order valence-electron chi connectivity index (χ4n) is 2.66. The highest BCUT2D eigenvalue weighted by molar-refractivity contribution is 5.32. The predicted octanol–water partition coefficient (Wildman–Crippen LogP) is 3.30. The summed E-state index contributed by atoms with van der Waals surface area (Å²) >= 11 is 0.